The van der Waals surface area contributed by atoms with Crippen molar-refractivity contribution in [3.63, 3.8) is 0 Å². The van der Waals surface area contributed by atoms with Crippen LogP contribution in [0.15, 0.2) is 36.4 Å². The van der Waals surface area contributed by atoms with Crippen LogP contribution in [0.3, 0.4) is 0 Å². The Bertz CT molecular complexity index is 448. The van der Waals surface area contributed by atoms with Crippen molar-refractivity contribution in [1.29, 1.82) is 0 Å². The summed E-state index contributed by atoms with van der Waals surface area (Å²) in [5.74, 6) is 0. The van der Waals surface area contributed by atoms with Gasteiger partial charge in [0.1, 0.15) is 0 Å². The van der Waals surface area contributed by atoms with Gasteiger partial charge < -0.3 is 34.0 Å². The maximum Gasteiger partial charge on any atom is 4.00 e. The molecular formula is C22H37Br2SiZr. The Balaban J connectivity index is -0.000000137. The molecule has 0 aliphatic rings. The first-order valence-electron chi connectivity index (χ1n) is 9.34. The van der Waals surface area contributed by atoms with Crippen molar-refractivity contribution < 1.29 is 60.2 Å². The molecule has 0 saturated carbocycles. The number of rotatable bonds is 6. The fraction of sp³-hybridized carbons (Fsp3) is 0.545. The van der Waals surface area contributed by atoms with Crippen molar-refractivity contribution in [2.75, 3.05) is 0 Å². The predicted octanol–water partition coefficient (Wildman–Crippen LogP) is 0.638. The Morgan fingerprint density at radius 3 is 1.23 bits per heavy atom. The standard InChI is InChI=1S/2C9H13.C4H11Si.2BrH.Zr/c2*1-3-5-9-7-4-6-8(9)2;1-3-5-4-2;;;/h2*4,6-7H,3,5H2,1-2H3;5H,3-4H2,1-2H3;2*1H;/q2*-1;;;;+4/p-2. The molecule has 0 atom stereocenters. The van der Waals surface area contributed by atoms with Crippen molar-refractivity contribution in [3.05, 3.63) is 58.7 Å². The molecule has 0 aliphatic carbocycles. The van der Waals surface area contributed by atoms with Crippen LogP contribution in [0.1, 0.15) is 62.8 Å². The van der Waals surface area contributed by atoms with E-state index < -0.39 is 0 Å². The van der Waals surface area contributed by atoms with E-state index in [4.69, 9.17) is 0 Å². The Kier molecular flexibility index (Phi) is 31.4. The van der Waals surface area contributed by atoms with Crippen LogP contribution in [0.25, 0.3) is 0 Å². The second kappa shape index (κ2) is 23.8. The van der Waals surface area contributed by atoms with Gasteiger partial charge in [0, 0.05) is 9.52 Å². The number of hydrogen-bond donors (Lipinski definition) is 0. The van der Waals surface area contributed by atoms with Crippen molar-refractivity contribution in [3.8, 4) is 0 Å². The molecule has 2 aromatic carbocycles. The van der Waals surface area contributed by atoms with Crippen LogP contribution in [-0.2, 0) is 39.0 Å². The van der Waals surface area contributed by atoms with E-state index >= 15 is 0 Å². The summed E-state index contributed by atoms with van der Waals surface area (Å²) in [6.07, 6.45) is 4.98. The van der Waals surface area contributed by atoms with Crippen LogP contribution < -0.4 is 34.0 Å². The third kappa shape index (κ3) is 16.9. The summed E-state index contributed by atoms with van der Waals surface area (Å²) in [5, 5.41) is 0. The zero-order valence-electron chi connectivity index (χ0n) is 17.5. The van der Waals surface area contributed by atoms with Crippen molar-refractivity contribution in [2.24, 2.45) is 0 Å². The quantitative estimate of drug-likeness (QED) is 0.348. The Hall–Kier alpha value is 0.760. The van der Waals surface area contributed by atoms with Crippen LogP contribution in [-0.4, -0.2) is 9.52 Å². The monoisotopic (exact) mass is 577 g/mol. The molecule has 4 heteroatoms. The first-order chi connectivity index (χ1) is 11.1. The summed E-state index contributed by atoms with van der Waals surface area (Å²) in [5.41, 5.74) is 5.91. The van der Waals surface area contributed by atoms with Gasteiger partial charge in [-0.25, -0.2) is 24.3 Å². The summed E-state index contributed by atoms with van der Waals surface area (Å²) >= 11 is 0. The molecule has 0 amide bonds. The number of hydrogen-bond acceptors (Lipinski definition) is 0. The third-order valence-corrected chi connectivity index (χ3v) is 5.07. The van der Waals surface area contributed by atoms with Crippen molar-refractivity contribution in [1.82, 2.24) is 0 Å². The molecular weight excluding hydrogens is 543 g/mol. The molecule has 0 nitrogen and oxygen atoms in total. The molecule has 0 aliphatic heterocycles. The van der Waals surface area contributed by atoms with Gasteiger partial charge in [-0.05, 0) is 0 Å². The zero-order chi connectivity index (χ0) is 17.5. The SMILES string of the molecule is CCC[c-]1cccc1C.CCC[c-]1cccc1C.CC[SiH]CC.[Br-].[Br-].[Zr+4]. The zero-order valence-corrected chi connectivity index (χ0v) is 24.3. The third-order valence-electron chi connectivity index (χ3n) is 3.92. The van der Waals surface area contributed by atoms with E-state index in [1.807, 2.05) is 0 Å². The van der Waals surface area contributed by atoms with Gasteiger partial charge in [-0.3, -0.25) is 0 Å². The summed E-state index contributed by atoms with van der Waals surface area (Å²) in [4.78, 5) is 0. The van der Waals surface area contributed by atoms with Gasteiger partial charge in [-0.15, -0.1) is 0 Å². The largest absolute Gasteiger partial charge is 4.00 e. The molecule has 0 spiro atoms. The average Bonchev–Trinajstić information content (AvgIpc) is 3.12. The molecule has 147 valence electrons. The molecule has 0 heterocycles. The Morgan fingerprint density at radius 1 is 0.731 bits per heavy atom. The van der Waals surface area contributed by atoms with Gasteiger partial charge in [0.25, 0.3) is 0 Å². The van der Waals surface area contributed by atoms with Crippen LogP contribution in [0.4, 0.5) is 0 Å². The Morgan fingerprint density at radius 2 is 1.08 bits per heavy atom. The van der Waals surface area contributed by atoms with Gasteiger partial charge >= 0.3 is 26.2 Å². The predicted molar refractivity (Wildman–Crippen MR) is 110 cm³/mol. The van der Waals surface area contributed by atoms with E-state index in [2.05, 4.69) is 77.9 Å². The maximum absolute atomic E-state index is 2.25. The molecule has 0 aromatic heterocycles. The van der Waals surface area contributed by atoms with E-state index in [0.717, 1.165) is 9.52 Å². The maximum atomic E-state index is 2.25. The molecule has 0 N–H and O–H groups in total. The van der Waals surface area contributed by atoms with Gasteiger partial charge in [0.2, 0.25) is 0 Å². The number of halogens is 2. The van der Waals surface area contributed by atoms with Gasteiger partial charge in [0.15, 0.2) is 0 Å². The first kappa shape index (κ1) is 34.3. The van der Waals surface area contributed by atoms with Crippen molar-refractivity contribution in [2.45, 2.75) is 79.3 Å². The minimum Gasteiger partial charge on any atom is -1.00 e. The van der Waals surface area contributed by atoms with Crippen molar-refractivity contribution >= 4 is 9.52 Å². The molecule has 2 aromatic rings. The van der Waals surface area contributed by atoms with E-state index in [-0.39, 0.29) is 60.2 Å². The topological polar surface area (TPSA) is 0 Å². The van der Waals surface area contributed by atoms with Gasteiger partial charge in [-0.1, -0.05) is 79.3 Å². The van der Waals surface area contributed by atoms with E-state index in [1.165, 1.54) is 60.0 Å². The summed E-state index contributed by atoms with van der Waals surface area (Å²) in [6, 6.07) is 15.9. The van der Waals surface area contributed by atoms with Crippen LogP contribution in [0.2, 0.25) is 12.1 Å². The first-order valence-corrected chi connectivity index (χ1v) is 11.0. The summed E-state index contributed by atoms with van der Waals surface area (Å²) in [6.45, 7) is 13.3. The molecule has 2 rings (SSSR count). The minimum atomic E-state index is 0. The Labute approximate surface area is 206 Å². The minimum absolute atomic E-state index is 0. The molecule has 26 heavy (non-hydrogen) atoms. The number of aryl methyl sites for hydroxylation is 4. The van der Waals surface area contributed by atoms with E-state index in [9.17, 15) is 0 Å². The van der Waals surface area contributed by atoms with Crippen LogP contribution >= 0.6 is 0 Å². The normalized spacial score (nSPS) is 8.54. The fourth-order valence-corrected chi connectivity index (χ4v) is 3.06. The second-order valence-corrected chi connectivity index (χ2v) is 8.28. The van der Waals surface area contributed by atoms with Gasteiger partial charge in [-0.2, -0.15) is 34.4 Å². The average molecular weight is 581 g/mol. The van der Waals surface area contributed by atoms with E-state index in [1.54, 1.807) is 0 Å². The molecule has 0 unspecified atom stereocenters. The van der Waals surface area contributed by atoms with Crippen LogP contribution in [0.5, 0.6) is 0 Å². The molecule has 0 fully saturated rings. The second-order valence-electron chi connectivity index (χ2n) is 6.07. The fourth-order valence-electron chi connectivity index (χ4n) is 2.48. The van der Waals surface area contributed by atoms with Crippen LogP contribution in [0, 0.1) is 13.8 Å². The smallest absolute Gasteiger partial charge is 1.00 e. The van der Waals surface area contributed by atoms with Gasteiger partial charge in [0.05, 0.1) is 0 Å². The summed E-state index contributed by atoms with van der Waals surface area (Å²) in [7, 11) is 0.815. The molecule has 0 bridgehead atoms. The van der Waals surface area contributed by atoms with E-state index in [0.29, 0.717) is 0 Å². The summed E-state index contributed by atoms with van der Waals surface area (Å²) < 4.78 is 0. The molecule has 0 saturated heterocycles. The molecule has 1 radical (unpaired) electrons.